The van der Waals surface area contributed by atoms with Crippen LogP contribution < -0.4 is 0 Å². The van der Waals surface area contributed by atoms with Crippen LogP contribution in [0, 0.1) is 0 Å². The highest BCUT2D eigenvalue weighted by Crippen LogP contribution is 2.06. The highest BCUT2D eigenvalue weighted by Gasteiger charge is 2.30. The van der Waals surface area contributed by atoms with E-state index in [1.165, 1.54) is 0 Å². The third-order valence-corrected chi connectivity index (χ3v) is 3.19. The first kappa shape index (κ1) is 13.3. The summed E-state index contributed by atoms with van der Waals surface area (Å²) in [4.78, 5) is 29.1. The maximum Gasteiger partial charge on any atom is 0.495 e. The van der Waals surface area contributed by atoms with Gasteiger partial charge in [-0.3, -0.25) is 0 Å². The Morgan fingerprint density at radius 1 is 1.57 bits per heavy atom. The first-order valence-corrected chi connectivity index (χ1v) is 6.40. The normalized spacial score (nSPS) is 11.1. The molecule has 0 radical (unpaired) electrons. The van der Waals surface area contributed by atoms with Crippen molar-refractivity contribution in [1.29, 1.82) is 0 Å². The molecule has 0 fully saturated rings. The van der Waals surface area contributed by atoms with Crippen LogP contribution in [0.2, 0.25) is 6.04 Å². The van der Waals surface area contributed by atoms with Crippen LogP contribution in [0.15, 0.2) is 12.7 Å². The second-order valence-corrected chi connectivity index (χ2v) is 4.93. The molecule has 0 atom stereocenters. The van der Waals surface area contributed by atoms with E-state index in [-0.39, 0.29) is 19.3 Å². The Morgan fingerprint density at radius 3 is 2.71 bits per heavy atom. The van der Waals surface area contributed by atoms with Crippen molar-refractivity contribution in [1.82, 2.24) is 0 Å². The van der Waals surface area contributed by atoms with Gasteiger partial charge in [-0.15, -0.1) is 0 Å². The molecule has 0 amide bonds. The number of carbonyl (C=O) groups excluding carboxylic acids is 1. The standard InChI is InChI=1S/C8H16O5Si/c1-3-8(9)12-6-5-7-14(10,11)13-4-2/h3,10-11H,1,4-7H2,2H3. The second kappa shape index (κ2) is 6.72. The van der Waals surface area contributed by atoms with Crippen LogP contribution in [-0.4, -0.2) is 37.6 Å². The zero-order valence-electron chi connectivity index (χ0n) is 8.23. The lowest BCUT2D eigenvalue weighted by Gasteiger charge is -2.15. The number of ether oxygens (including phenoxy) is 1. The number of esters is 1. The van der Waals surface area contributed by atoms with Crippen molar-refractivity contribution in [2.75, 3.05) is 13.2 Å². The minimum atomic E-state index is -3.50. The van der Waals surface area contributed by atoms with Gasteiger partial charge in [-0.2, -0.15) is 0 Å². The molecule has 82 valence electrons. The van der Waals surface area contributed by atoms with E-state index >= 15 is 0 Å². The molecule has 0 aromatic carbocycles. The Balaban J connectivity index is 3.53. The Morgan fingerprint density at radius 2 is 2.21 bits per heavy atom. The predicted octanol–water partition coefficient (Wildman–Crippen LogP) is 0.0657. The van der Waals surface area contributed by atoms with Crippen molar-refractivity contribution in [2.45, 2.75) is 19.4 Å². The Labute approximate surface area is 84.3 Å². The summed E-state index contributed by atoms with van der Waals surface area (Å²) in [7, 11) is -3.50. The molecule has 0 aliphatic heterocycles. The summed E-state index contributed by atoms with van der Waals surface area (Å²) in [6.07, 6.45) is 1.43. The van der Waals surface area contributed by atoms with Crippen molar-refractivity contribution in [3.05, 3.63) is 12.7 Å². The molecule has 0 aliphatic carbocycles. The molecule has 0 aromatic heterocycles. The lowest BCUT2D eigenvalue weighted by atomic mass is 10.5. The molecule has 0 saturated heterocycles. The molecule has 0 heterocycles. The van der Waals surface area contributed by atoms with Gasteiger partial charge in [-0.1, -0.05) is 6.58 Å². The lowest BCUT2D eigenvalue weighted by Crippen LogP contribution is -2.38. The monoisotopic (exact) mass is 220 g/mol. The Hall–Kier alpha value is -0.693. The van der Waals surface area contributed by atoms with E-state index in [2.05, 4.69) is 11.3 Å². The Bertz CT molecular complexity index is 192. The molecule has 2 N–H and O–H groups in total. The smallest absolute Gasteiger partial charge is 0.463 e. The maximum absolute atomic E-state index is 10.6. The number of carbonyl (C=O) groups is 1. The fraction of sp³-hybridized carbons (Fsp3) is 0.625. The van der Waals surface area contributed by atoms with Crippen molar-refractivity contribution in [3.63, 3.8) is 0 Å². The summed E-state index contributed by atoms with van der Waals surface area (Å²) in [5.74, 6) is -0.510. The largest absolute Gasteiger partial charge is 0.495 e. The van der Waals surface area contributed by atoms with Gasteiger partial charge >= 0.3 is 14.8 Å². The minimum Gasteiger partial charge on any atom is -0.463 e. The zero-order chi connectivity index (χ0) is 11.0. The topological polar surface area (TPSA) is 76.0 Å². The Kier molecular flexibility index (Phi) is 6.38. The first-order valence-electron chi connectivity index (χ1n) is 4.39. The summed E-state index contributed by atoms with van der Waals surface area (Å²) in [6, 6.07) is 0.130. The molecule has 0 bridgehead atoms. The molecule has 0 aliphatic rings. The van der Waals surface area contributed by atoms with Gasteiger partial charge in [0.1, 0.15) is 0 Å². The van der Waals surface area contributed by atoms with Gasteiger partial charge < -0.3 is 18.8 Å². The third-order valence-electron chi connectivity index (χ3n) is 1.43. The van der Waals surface area contributed by atoms with E-state index in [1.54, 1.807) is 6.92 Å². The van der Waals surface area contributed by atoms with Crippen molar-refractivity contribution in [2.24, 2.45) is 0 Å². The van der Waals surface area contributed by atoms with Gasteiger partial charge in [0, 0.05) is 18.7 Å². The number of rotatable bonds is 7. The summed E-state index contributed by atoms with van der Waals surface area (Å²) in [5, 5.41) is 0. The maximum atomic E-state index is 10.6. The molecule has 6 heteroatoms. The summed E-state index contributed by atoms with van der Waals surface area (Å²) >= 11 is 0. The van der Waals surface area contributed by atoms with Gasteiger partial charge in [0.15, 0.2) is 0 Å². The van der Waals surface area contributed by atoms with E-state index in [9.17, 15) is 14.4 Å². The van der Waals surface area contributed by atoms with Crippen LogP contribution in [0.25, 0.3) is 0 Å². The van der Waals surface area contributed by atoms with E-state index in [0.717, 1.165) is 6.08 Å². The highest BCUT2D eigenvalue weighted by atomic mass is 28.4. The third kappa shape index (κ3) is 6.78. The first-order chi connectivity index (χ1) is 6.52. The molecular formula is C8H16O5Si. The highest BCUT2D eigenvalue weighted by molar-refractivity contribution is 6.57. The quantitative estimate of drug-likeness (QED) is 0.275. The molecule has 0 saturated carbocycles. The summed E-state index contributed by atoms with van der Waals surface area (Å²) in [5.41, 5.74) is 0. The molecule has 14 heavy (non-hydrogen) atoms. The van der Waals surface area contributed by atoms with E-state index in [4.69, 9.17) is 4.43 Å². The zero-order valence-corrected chi connectivity index (χ0v) is 9.23. The number of hydrogen-bond donors (Lipinski definition) is 2. The minimum absolute atomic E-state index is 0.130. The average Bonchev–Trinajstić information content (AvgIpc) is 2.12. The lowest BCUT2D eigenvalue weighted by molar-refractivity contribution is -0.137. The molecule has 0 unspecified atom stereocenters. The van der Waals surface area contributed by atoms with Gasteiger partial charge in [0.25, 0.3) is 0 Å². The van der Waals surface area contributed by atoms with Crippen LogP contribution in [0.1, 0.15) is 13.3 Å². The second-order valence-electron chi connectivity index (χ2n) is 2.65. The molecular weight excluding hydrogens is 204 g/mol. The molecule has 0 aromatic rings. The molecule has 0 spiro atoms. The van der Waals surface area contributed by atoms with Crippen molar-refractivity contribution < 1.29 is 23.5 Å². The van der Waals surface area contributed by atoms with E-state index in [1.807, 2.05) is 0 Å². The SMILES string of the molecule is C=CC(=O)OCCC[Si](O)(O)OCC. The fourth-order valence-electron chi connectivity index (χ4n) is 0.837. The van der Waals surface area contributed by atoms with Gasteiger partial charge in [0.05, 0.1) is 6.61 Å². The van der Waals surface area contributed by atoms with Crippen LogP contribution >= 0.6 is 0 Å². The van der Waals surface area contributed by atoms with Crippen molar-refractivity contribution >= 4 is 14.8 Å². The fourth-order valence-corrected chi connectivity index (χ4v) is 2.05. The molecule has 0 rings (SSSR count). The average molecular weight is 220 g/mol. The number of hydrogen-bond acceptors (Lipinski definition) is 5. The molecule has 5 nitrogen and oxygen atoms in total. The predicted molar refractivity (Wildman–Crippen MR) is 52.4 cm³/mol. The van der Waals surface area contributed by atoms with Crippen LogP contribution in [0.3, 0.4) is 0 Å². The van der Waals surface area contributed by atoms with E-state index in [0.29, 0.717) is 6.42 Å². The van der Waals surface area contributed by atoms with Crippen LogP contribution in [0.4, 0.5) is 0 Å². The summed E-state index contributed by atoms with van der Waals surface area (Å²) in [6.45, 7) is 5.33. The van der Waals surface area contributed by atoms with Crippen LogP contribution in [-0.2, 0) is 14.0 Å². The van der Waals surface area contributed by atoms with Crippen molar-refractivity contribution in [3.8, 4) is 0 Å². The van der Waals surface area contributed by atoms with Gasteiger partial charge in [-0.05, 0) is 13.3 Å². The van der Waals surface area contributed by atoms with Gasteiger partial charge in [0.2, 0.25) is 0 Å². The van der Waals surface area contributed by atoms with Crippen LogP contribution in [0.5, 0.6) is 0 Å². The van der Waals surface area contributed by atoms with E-state index < -0.39 is 14.8 Å². The van der Waals surface area contributed by atoms with Gasteiger partial charge in [-0.25, -0.2) is 4.79 Å². The summed E-state index contributed by atoms with van der Waals surface area (Å²) < 4.78 is 9.40.